The van der Waals surface area contributed by atoms with Gasteiger partial charge in [0.25, 0.3) is 0 Å². The molecule has 0 heterocycles. The lowest BCUT2D eigenvalue weighted by Crippen LogP contribution is -2.11. The Morgan fingerprint density at radius 1 is 1.25 bits per heavy atom. The van der Waals surface area contributed by atoms with Crippen LogP contribution in [0.3, 0.4) is 0 Å². The number of benzene rings is 2. The third-order valence-corrected chi connectivity index (χ3v) is 3.36. The molecule has 104 valence electrons. The van der Waals surface area contributed by atoms with E-state index in [-0.39, 0.29) is 5.75 Å². The molecule has 2 N–H and O–H groups in total. The van der Waals surface area contributed by atoms with Crippen molar-refractivity contribution in [3.63, 3.8) is 0 Å². The highest BCUT2D eigenvalue weighted by Gasteiger charge is 2.07. The quantitative estimate of drug-likeness (QED) is 0.829. The average molecular weight is 289 g/mol. The van der Waals surface area contributed by atoms with Crippen LogP contribution in [0.1, 0.15) is 11.1 Å². The average Bonchev–Trinajstić information content (AvgIpc) is 2.43. The van der Waals surface area contributed by atoms with Crippen molar-refractivity contribution >= 4 is 23.0 Å². The Morgan fingerprint density at radius 2 is 1.95 bits per heavy atom. The summed E-state index contributed by atoms with van der Waals surface area (Å²) in [6.45, 7) is 5.53. The molecule has 0 bridgehead atoms. The van der Waals surface area contributed by atoms with Crippen molar-refractivity contribution in [3.05, 3.63) is 60.2 Å². The van der Waals surface area contributed by atoms with E-state index in [4.69, 9.17) is 4.18 Å². The summed E-state index contributed by atoms with van der Waals surface area (Å²) in [7, 11) is 0. The molecule has 2 aromatic rings. The molecule has 0 aromatic heterocycles. The van der Waals surface area contributed by atoms with Gasteiger partial charge in [-0.1, -0.05) is 30.9 Å². The molecule has 0 aliphatic heterocycles. The van der Waals surface area contributed by atoms with Crippen LogP contribution >= 0.6 is 0 Å². The predicted molar refractivity (Wildman–Crippen MR) is 81.8 cm³/mol. The van der Waals surface area contributed by atoms with Gasteiger partial charge in [-0.15, -0.1) is 0 Å². The predicted octanol–water partition coefficient (Wildman–Crippen LogP) is 3.41. The Balaban J connectivity index is 2.04. The third kappa shape index (κ3) is 3.61. The molecule has 0 aliphatic rings. The molecule has 0 saturated heterocycles. The van der Waals surface area contributed by atoms with Gasteiger partial charge < -0.3 is 9.29 Å². The Kier molecular flexibility index (Phi) is 4.42. The summed E-state index contributed by atoms with van der Waals surface area (Å²) in [5, 5.41) is 9.65. The summed E-state index contributed by atoms with van der Waals surface area (Å²) in [5.41, 5.74) is 2.26. The molecule has 1 atom stereocenters. The van der Waals surface area contributed by atoms with Gasteiger partial charge in [0.15, 0.2) is 0 Å². The minimum absolute atomic E-state index is 0.0227. The van der Waals surface area contributed by atoms with Gasteiger partial charge >= 0.3 is 11.3 Å². The van der Waals surface area contributed by atoms with E-state index in [1.54, 1.807) is 30.3 Å². The fraction of sp³-hybridized carbons (Fsp3) is 0.0667. The smallest absolute Gasteiger partial charge is 0.316 e. The van der Waals surface area contributed by atoms with E-state index in [1.807, 2.05) is 19.1 Å². The summed E-state index contributed by atoms with van der Waals surface area (Å²) >= 11 is -1.78. The topological polar surface area (TPSA) is 58.6 Å². The zero-order valence-electron chi connectivity index (χ0n) is 11.0. The fourth-order valence-electron chi connectivity index (χ4n) is 1.59. The van der Waals surface area contributed by atoms with Crippen molar-refractivity contribution in [1.29, 1.82) is 0 Å². The van der Waals surface area contributed by atoms with Crippen LogP contribution in [0, 0.1) is 6.92 Å². The maximum Gasteiger partial charge on any atom is 0.316 e. The van der Waals surface area contributed by atoms with E-state index in [1.165, 1.54) is 6.07 Å². The normalized spacial score (nSPS) is 11.7. The van der Waals surface area contributed by atoms with E-state index >= 15 is 0 Å². The lowest BCUT2D eigenvalue weighted by molar-refractivity contribution is 0.477. The molecule has 5 heteroatoms. The van der Waals surface area contributed by atoms with E-state index < -0.39 is 11.3 Å². The number of aromatic hydroxyl groups is 1. The molecule has 0 fully saturated rings. The first-order valence-corrected chi connectivity index (χ1v) is 7.05. The van der Waals surface area contributed by atoms with Gasteiger partial charge in [-0.2, -0.15) is 4.21 Å². The van der Waals surface area contributed by atoms with Crippen molar-refractivity contribution < 1.29 is 13.5 Å². The van der Waals surface area contributed by atoms with Crippen LogP contribution in [0.5, 0.6) is 11.5 Å². The Hall–Kier alpha value is -2.27. The zero-order chi connectivity index (χ0) is 14.5. The van der Waals surface area contributed by atoms with Gasteiger partial charge in [-0.25, -0.2) is 0 Å². The summed E-state index contributed by atoms with van der Waals surface area (Å²) in [6, 6.07) is 12.0. The lowest BCUT2D eigenvalue weighted by atomic mass is 10.2. The number of phenolic OH excluding ortho intramolecular Hbond substituents is 1. The number of phenols is 1. The second-order valence-corrected chi connectivity index (χ2v) is 5.05. The van der Waals surface area contributed by atoms with Crippen molar-refractivity contribution in [2.45, 2.75) is 6.92 Å². The highest BCUT2D eigenvalue weighted by molar-refractivity contribution is 7.82. The fourth-order valence-corrected chi connectivity index (χ4v) is 2.26. The van der Waals surface area contributed by atoms with Gasteiger partial charge in [0, 0.05) is 0 Å². The van der Waals surface area contributed by atoms with Gasteiger partial charge in [0.2, 0.25) is 0 Å². The second-order valence-electron chi connectivity index (χ2n) is 4.21. The first kappa shape index (κ1) is 14.1. The van der Waals surface area contributed by atoms with Crippen molar-refractivity contribution in [2.24, 2.45) is 0 Å². The number of anilines is 1. The molecule has 1 unspecified atom stereocenters. The monoisotopic (exact) mass is 289 g/mol. The van der Waals surface area contributed by atoms with Crippen LogP contribution in [0.4, 0.5) is 5.69 Å². The van der Waals surface area contributed by atoms with Crippen LogP contribution in [0.2, 0.25) is 0 Å². The summed E-state index contributed by atoms with van der Waals surface area (Å²) < 4.78 is 19.7. The lowest BCUT2D eigenvalue weighted by Gasteiger charge is -2.09. The van der Waals surface area contributed by atoms with Crippen molar-refractivity contribution in [2.75, 3.05) is 4.72 Å². The molecule has 0 amide bonds. The van der Waals surface area contributed by atoms with Crippen LogP contribution < -0.4 is 8.91 Å². The number of hydrogen-bond acceptors (Lipinski definition) is 3. The molecular formula is C15H15NO3S. The summed E-state index contributed by atoms with van der Waals surface area (Å²) in [4.78, 5) is 0. The largest absolute Gasteiger partial charge is 0.506 e. The van der Waals surface area contributed by atoms with Gasteiger partial charge in [0.05, 0.1) is 5.69 Å². The Labute approximate surface area is 120 Å². The maximum absolute atomic E-state index is 11.8. The third-order valence-electron chi connectivity index (χ3n) is 2.63. The molecular weight excluding hydrogens is 274 g/mol. The Morgan fingerprint density at radius 3 is 2.60 bits per heavy atom. The molecule has 0 aliphatic carbocycles. The number of hydrogen-bond donors (Lipinski definition) is 2. The van der Waals surface area contributed by atoms with E-state index in [9.17, 15) is 9.32 Å². The zero-order valence-corrected chi connectivity index (χ0v) is 11.8. The van der Waals surface area contributed by atoms with E-state index in [2.05, 4.69) is 11.3 Å². The van der Waals surface area contributed by atoms with Gasteiger partial charge in [-0.3, -0.25) is 4.72 Å². The molecule has 4 nitrogen and oxygen atoms in total. The van der Waals surface area contributed by atoms with Crippen LogP contribution in [0.15, 0.2) is 49.0 Å². The standard InChI is InChI=1S/C15H15NO3S/c1-3-12-5-7-13(8-6-12)19-20(18)16-14-10-11(2)4-9-15(14)17/h3-10,16-17H,1H2,2H3. The number of nitrogens with one attached hydrogen (secondary N) is 1. The molecule has 2 rings (SSSR count). The molecule has 20 heavy (non-hydrogen) atoms. The summed E-state index contributed by atoms with van der Waals surface area (Å²) in [5.74, 6) is 0.489. The van der Waals surface area contributed by atoms with Crippen molar-refractivity contribution in [3.8, 4) is 11.5 Å². The Bertz CT molecular complexity index is 638. The minimum atomic E-state index is -1.78. The first-order valence-electron chi connectivity index (χ1n) is 5.97. The van der Waals surface area contributed by atoms with Crippen LogP contribution in [0.25, 0.3) is 6.08 Å². The number of aryl methyl sites for hydroxylation is 1. The minimum Gasteiger partial charge on any atom is -0.506 e. The first-order chi connectivity index (χ1) is 9.58. The molecule has 2 aromatic carbocycles. The highest BCUT2D eigenvalue weighted by atomic mass is 32.2. The molecule has 0 radical (unpaired) electrons. The number of rotatable bonds is 5. The van der Waals surface area contributed by atoms with E-state index in [0.717, 1.165) is 11.1 Å². The highest BCUT2D eigenvalue weighted by Crippen LogP contribution is 2.24. The van der Waals surface area contributed by atoms with Crippen LogP contribution in [-0.2, 0) is 11.3 Å². The van der Waals surface area contributed by atoms with E-state index in [0.29, 0.717) is 11.4 Å². The van der Waals surface area contributed by atoms with Crippen LogP contribution in [-0.4, -0.2) is 9.32 Å². The second kappa shape index (κ2) is 6.25. The molecule has 0 spiro atoms. The molecule has 0 saturated carbocycles. The van der Waals surface area contributed by atoms with Gasteiger partial charge in [-0.05, 0) is 42.3 Å². The SMILES string of the molecule is C=Cc1ccc(OS(=O)Nc2cc(C)ccc2O)cc1. The summed E-state index contributed by atoms with van der Waals surface area (Å²) in [6.07, 6.45) is 1.71. The van der Waals surface area contributed by atoms with Crippen molar-refractivity contribution in [1.82, 2.24) is 0 Å². The van der Waals surface area contributed by atoms with Gasteiger partial charge in [0.1, 0.15) is 11.5 Å². The maximum atomic E-state index is 11.8.